The quantitative estimate of drug-likeness (QED) is 0.803. The lowest BCUT2D eigenvalue weighted by atomic mass is 10.0. The molecule has 0 aromatic heterocycles. The Morgan fingerprint density at radius 2 is 2.19 bits per heavy atom. The first-order chi connectivity index (χ1) is 7.69. The lowest BCUT2D eigenvalue weighted by molar-refractivity contribution is 0.167. The van der Waals surface area contributed by atoms with E-state index in [9.17, 15) is 4.39 Å². The first kappa shape index (κ1) is 13.1. The molecule has 0 aliphatic heterocycles. The Hall–Kier alpha value is -0.930. The summed E-state index contributed by atoms with van der Waals surface area (Å²) < 4.78 is 18.3. The molecule has 0 saturated heterocycles. The average molecular weight is 225 g/mol. The molecule has 0 bridgehead atoms. The Morgan fingerprint density at radius 1 is 1.44 bits per heavy atom. The molecule has 1 N–H and O–H groups in total. The molecule has 0 saturated carbocycles. The van der Waals surface area contributed by atoms with E-state index in [1.165, 1.54) is 6.07 Å². The maximum Gasteiger partial charge on any atom is 0.126 e. The molecule has 1 unspecified atom stereocenters. The molecule has 3 heteroatoms. The fourth-order valence-electron chi connectivity index (χ4n) is 1.64. The number of rotatable bonds is 6. The van der Waals surface area contributed by atoms with Gasteiger partial charge in [-0.2, -0.15) is 0 Å². The van der Waals surface area contributed by atoms with E-state index in [0.717, 1.165) is 18.5 Å². The van der Waals surface area contributed by atoms with Crippen LogP contribution in [0.3, 0.4) is 0 Å². The predicted octanol–water partition coefficient (Wildman–Crippen LogP) is 2.82. The average Bonchev–Trinajstić information content (AvgIpc) is 2.28. The zero-order valence-corrected chi connectivity index (χ0v) is 10.2. The maximum absolute atomic E-state index is 13.1. The standard InChI is InChI=1S/C13H20FNO/c1-4-7-15-13(9-16-3)11-5-6-12(14)10(2)8-11/h5-6,8,13,15H,4,7,9H2,1-3H3. The number of aryl methyl sites for hydroxylation is 1. The van der Waals surface area contributed by atoms with E-state index in [-0.39, 0.29) is 11.9 Å². The zero-order valence-electron chi connectivity index (χ0n) is 10.2. The van der Waals surface area contributed by atoms with Crippen molar-refractivity contribution in [1.29, 1.82) is 0 Å². The molecule has 16 heavy (non-hydrogen) atoms. The topological polar surface area (TPSA) is 21.3 Å². The Bertz CT molecular complexity index is 328. The van der Waals surface area contributed by atoms with Gasteiger partial charge in [0.25, 0.3) is 0 Å². The molecule has 0 aliphatic carbocycles. The lowest BCUT2D eigenvalue weighted by Crippen LogP contribution is -2.26. The molecule has 1 aromatic rings. The molecule has 0 fully saturated rings. The van der Waals surface area contributed by atoms with Gasteiger partial charge in [-0.05, 0) is 37.1 Å². The van der Waals surface area contributed by atoms with Crippen LogP contribution in [0, 0.1) is 12.7 Å². The second-order valence-corrected chi connectivity index (χ2v) is 3.97. The Balaban J connectivity index is 2.78. The summed E-state index contributed by atoms with van der Waals surface area (Å²) >= 11 is 0. The van der Waals surface area contributed by atoms with Gasteiger partial charge in [0.2, 0.25) is 0 Å². The molecule has 0 radical (unpaired) electrons. The molecule has 1 atom stereocenters. The first-order valence-corrected chi connectivity index (χ1v) is 5.67. The molecular weight excluding hydrogens is 205 g/mol. The minimum atomic E-state index is -0.157. The number of ether oxygens (including phenoxy) is 1. The van der Waals surface area contributed by atoms with Gasteiger partial charge in [0.05, 0.1) is 12.6 Å². The van der Waals surface area contributed by atoms with E-state index in [0.29, 0.717) is 12.2 Å². The minimum Gasteiger partial charge on any atom is -0.383 e. The van der Waals surface area contributed by atoms with Gasteiger partial charge in [-0.1, -0.05) is 19.1 Å². The molecular formula is C13H20FNO. The van der Waals surface area contributed by atoms with Crippen LogP contribution >= 0.6 is 0 Å². The van der Waals surface area contributed by atoms with E-state index in [4.69, 9.17) is 4.74 Å². The van der Waals surface area contributed by atoms with Crippen LogP contribution in [0.15, 0.2) is 18.2 Å². The van der Waals surface area contributed by atoms with Crippen LogP contribution in [0.4, 0.5) is 4.39 Å². The van der Waals surface area contributed by atoms with Gasteiger partial charge in [-0.3, -0.25) is 0 Å². The molecule has 2 nitrogen and oxygen atoms in total. The summed E-state index contributed by atoms with van der Waals surface area (Å²) in [6.07, 6.45) is 1.07. The van der Waals surface area contributed by atoms with Crippen molar-refractivity contribution in [3.63, 3.8) is 0 Å². The highest BCUT2D eigenvalue weighted by Gasteiger charge is 2.11. The van der Waals surface area contributed by atoms with Gasteiger partial charge >= 0.3 is 0 Å². The molecule has 0 amide bonds. The summed E-state index contributed by atoms with van der Waals surface area (Å²) in [6.45, 7) is 5.44. The largest absolute Gasteiger partial charge is 0.383 e. The monoisotopic (exact) mass is 225 g/mol. The van der Waals surface area contributed by atoms with Crippen molar-refractivity contribution in [2.24, 2.45) is 0 Å². The third kappa shape index (κ3) is 3.58. The summed E-state index contributed by atoms with van der Waals surface area (Å²) in [5, 5.41) is 3.39. The Labute approximate surface area is 96.8 Å². The smallest absolute Gasteiger partial charge is 0.126 e. The third-order valence-electron chi connectivity index (χ3n) is 2.56. The van der Waals surface area contributed by atoms with E-state index >= 15 is 0 Å². The van der Waals surface area contributed by atoms with Gasteiger partial charge in [0, 0.05) is 7.11 Å². The van der Waals surface area contributed by atoms with E-state index < -0.39 is 0 Å². The van der Waals surface area contributed by atoms with Crippen LogP contribution in [0.1, 0.15) is 30.5 Å². The maximum atomic E-state index is 13.1. The van der Waals surface area contributed by atoms with Crippen molar-refractivity contribution in [3.8, 4) is 0 Å². The van der Waals surface area contributed by atoms with Crippen LogP contribution in [-0.4, -0.2) is 20.3 Å². The van der Waals surface area contributed by atoms with Gasteiger partial charge in [-0.15, -0.1) is 0 Å². The van der Waals surface area contributed by atoms with E-state index in [2.05, 4.69) is 12.2 Å². The zero-order chi connectivity index (χ0) is 12.0. The summed E-state index contributed by atoms with van der Waals surface area (Å²) in [4.78, 5) is 0. The second kappa shape index (κ2) is 6.61. The molecule has 1 aromatic carbocycles. The highest BCUT2D eigenvalue weighted by Crippen LogP contribution is 2.17. The number of benzene rings is 1. The van der Waals surface area contributed by atoms with Crippen LogP contribution < -0.4 is 5.32 Å². The molecule has 1 rings (SSSR count). The normalized spacial score (nSPS) is 12.8. The summed E-state index contributed by atoms with van der Waals surface area (Å²) in [6, 6.07) is 5.35. The number of methoxy groups -OCH3 is 1. The van der Waals surface area contributed by atoms with Crippen molar-refractivity contribution in [3.05, 3.63) is 35.1 Å². The van der Waals surface area contributed by atoms with Crippen LogP contribution in [0.5, 0.6) is 0 Å². The van der Waals surface area contributed by atoms with Crippen molar-refractivity contribution < 1.29 is 9.13 Å². The third-order valence-corrected chi connectivity index (χ3v) is 2.56. The molecule has 0 spiro atoms. The minimum absolute atomic E-state index is 0.143. The van der Waals surface area contributed by atoms with Gasteiger partial charge in [-0.25, -0.2) is 4.39 Å². The fraction of sp³-hybridized carbons (Fsp3) is 0.538. The first-order valence-electron chi connectivity index (χ1n) is 5.67. The number of hydrogen-bond acceptors (Lipinski definition) is 2. The van der Waals surface area contributed by atoms with E-state index in [1.807, 2.05) is 12.1 Å². The van der Waals surface area contributed by atoms with Crippen LogP contribution in [-0.2, 0) is 4.74 Å². The fourth-order valence-corrected chi connectivity index (χ4v) is 1.64. The molecule has 0 heterocycles. The Morgan fingerprint density at radius 3 is 2.75 bits per heavy atom. The summed E-state index contributed by atoms with van der Waals surface area (Å²) in [7, 11) is 1.68. The highest BCUT2D eigenvalue weighted by molar-refractivity contribution is 5.26. The van der Waals surface area contributed by atoms with Gasteiger partial charge in [0.15, 0.2) is 0 Å². The lowest BCUT2D eigenvalue weighted by Gasteiger charge is -2.18. The molecule has 0 aliphatic rings. The van der Waals surface area contributed by atoms with E-state index in [1.54, 1.807) is 14.0 Å². The SMILES string of the molecule is CCCNC(COC)c1ccc(F)c(C)c1. The summed E-state index contributed by atoms with van der Waals surface area (Å²) in [5.41, 5.74) is 1.76. The number of nitrogens with one attached hydrogen (secondary N) is 1. The van der Waals surface area contributed by atoms with Crippen molar-refractivity contribution in [2.45, 2.75) is 26.3 Å². The number of hydrogen-bond donors (Lipinski definition) is 1. The highest BCUT2D eigenvalue weighted by atomic mass is 19.1. The molecule has 90 valence electrons. The van der Waals surface area contributed by atoms with Gasteiger partial charge < -0.3 is 10.1 Å². The van der Waals surface area contributed by atoms with Crippen LogP contribution in [0.25, 0.3) is 0 Å². The Kier molecular flexibility index (Phi) is 5.43. The van der Waals surface area contributed by atoms with Crippen molar-refractivity contribution in [1.82, 2.24) is 5.32 Å². The summed E-state index contributed by atoms with van der Waals surface area (Å²) in [5.74, 6) is -0.157. The van der Waals surface area contributed by atoms with Crippen LogP contribution in [0.2, 0.25) is 0 Å². The van der Waals surface area contributed by atoms with Crippen molar-refractivity contribution in [2.75, 3.05) is 20.3 Å². The van der Waals surface area contributed by atoms with Crippen molar-refractivity contribution >= 4 is 0 Å². The number of halogens is 1. The van der Waals surface area contributed by atoms with Gasteiger partial charge in [0.1, 0.15) is 5.82 Å². The predicted molar refractivity (Wildman–Crippen MR) is 64.0 cm³/mol. The second-order valence-electron chi connectivity index (χ2n) is 3.97.